The van der Waals surface area contributed by atoms with Crippen molar-refractivity contribution in [3.63, 3.8) is 0 Å². The number of nitrogens with zero attached hydrogens (tertiary/aromatic N) is 6. The van der Waals surface area contributed by atoms with Crippen LogP contribution in [0.15, 0.2) is 58.0 Å². The molecule has 10 nitrogen and oxygen atoms in total. The summed E-state index contributed by atoms with van der Waals surface area (Å²) in [5, 5.41) is 11.3. The van der Waals surface area contributed by atoms with Crippen molar-refractivity contribution in [2.24, 2.45) is 0 Å². The zero-order valence-corrected chi connectivity index (χ0v) is 22.7. The zero-order chi connectivity index (χ0) is 27.8. The molecule has 0 spiro atoms. The van der Waals surface area contributed by atoms with Gasteiger partial charge in [0.2, 0.25) is 17.7 Å². The second kappa shape index (κ2) is 10.7. The normalized spacial score (nSPS) is 13.7. The number of rotatable bonds is 6. The average molecular weight is 561 g/mol. The first-order chi connectivity index (χ1) is 19.4. The summed E-state index contributed by atoms with van der Waals surface area (Å²) < 4.78 is 21.5. The first-order valence-electron chi connectivity index (χ1n) is 12.9. The topological polar surface area (TPSA) is 114 Å². The molecule has 0 atom stereocenters. The SMILES string of the molecule is CCn1c(=O)c(-c2ccc(-c3noc(C)n3)cc2Cl)cc2cnc(Nc3ccc(N4CCNCC4)c(F)c3)nc21. The Morgan fingerprint density at radius 1 is 1.10 bits per heavy atom. The minimum absolute atomic E-state index is 0.240. The third kappa shape index (κ3) is 4.89. The van der Waals surface area contributed by atoms with Crippen LogP contribution in [-0.2, 0) is 6.54 Å². The lowest BCUT2D eigenvalue weighted by molar-refractivity contribution is 0.394. The van der Waals surface area contributed by atoms with Crippen molar-refractivity contribution in [3.8, 4) is 22.5 Å². The molecule has 1 saturated heterocycles. The van der Waals surface area contributed by atoms with E-state index >= 15 is 0 Å². The van der Waals surface area contributed by atoms with Gasteiger partial charge in [-0.15, -0.1) is 0 Å². The van der Waals surface area contributed by atoms with Crippen molar-refractivity contribution in [3.05, 3.63) is 75.7 Å². The quantitative estimate of drug-likeness (QED) is 0.303. The summed E-state index contributed by atoms with van der Waals surface area (Å²) in [5.41, 5.74) is 2.97. The third-order valence-electron chi connectivity index (χ3n) is 6.85. The van der Waals surface area contributed by atoms with E-state index in [0.29, 0.717) is 62.4 Å². The number of hydrogen-bond acceptors (Lipinski definition) is 9. The number of aryl methyl sites for hydroxylation is 2. The van der Waals surface area contributed by atoms with Gasteiger partial charge in [-0.1, -0.05) is 28.9 Å². The molecule has 3 aromatic heterocycles. The van der Waals surface area contributed by atoms with Crippen molar-refractivity contribution >= 4 is 40.0 Å². The highest BCUT2D eigenvalue weighted by Crippen LogP contribution is 2.31. The number of anilines is 3. The lowest BCUT2D eigenvalue weighted by atomic mass is 10.0. The first kappa shape index (κ1) is 25.9. The van der Waals surface area contributed by atoms with Crippen LogP contribution in [0.4, 0.5) is 21.7 Å². The summed E-state index contributed by atoms with van der Waals surface area (Å²) in [6.07, 6.45) is 1.63. The molecule has 0 radical (unpaired) electrons. The largest absolute Gasteiger partial charge is 0.367 e. The molecule has 0 bridgehead atoms. The predicted octanol–water partition coefficient (Wildman–Crippen LogP) is 4.78. The fraction of sp³-hybridized carbons (Fsp3) is 0.250. The second-order valence-corrected chi connectivity index (χ2v) is 9.85. The fourth-order valence-corrected chi connectivity index (χ4v) is 5.15. The maximum Gasteiger partial charge on any atom is 0.260 e. The molecule has 5 aromatic rings. The van der Waals surface area contributed by atoms with Gasteiger partial charge in [0, 0.05) is 78.6 Å². The Bertz CT molecular complexity index is 1780. The van der Waals surface area contributed by atoms with E-state index in [-0.39, 0.29) is 17.3 Å². The third-order valence-corrected chi connectivity index (χ3v) is 7.16. The molecule has 12 heteroatoms. The van der Waals surface area contributed by atoms with Crippen LogP contribution in [0.1, 0.15) is 12.8 Å². The Hall–Kier alpha value is -4.35. The Morgan fingerprint density at radius 3 is 2.62 bits per heavy atom. The summed E-state index contributed by atoms with van der Waals surface area (Å²) in [6, 6.07) is 12.0. The monoisotopic (exact) mass is 560 g/mol. The van der Waals surface area contributed by atoms with Crippen LogP contribution in [0, 0.1) is 12.7 Å². The zero-order valence-electron chi connectivity index (χ0n) is 21.9. The molecule has 0 saturated carbocycles. The van der Waals surface area contributed by atoms with Crippen molar-refractivity contribution in [1.82, 2.24) is 30.0 Å². The molecule has 6 rings (SSSR count). The van der Waals surface area contributed by atoms with Crippen LogP contribution >= 0.6 is 11.6 Å². The van der Waals surface area contributed by atoms with E-state index in [9.17, 15) is 9.18 Å². The van der Waals surface area contributed by atoms with Gasteiger partial charge in [0.15, 0.2) is 0 Å². The van der Waals surface area contributed by atoms with E-state index in [2.05, 4.69) is 30.7 Å². The molecule has 0 amide bonds. The predicted molar refractivity (Wildman–Crippen MR) is 153 cm³/mol. The van der Waals surface area contributed by atoms with Gasteiger partial charge in [-0.2, -0.15) is 9.97 Å². The lowest BCUT2D eigenvalue weighted by Gasteiger charge is -2.29. The molecule has 1 aliphatic heterocycles. The summed E-state index contributed by atoms with van der Waals surface area (Å²) in [7, 11) is 0. The van der Waals surface area contributed by atoms with Crippen molar-refractivity contribution in [1.29, 1.82) is 0 Å². The molecule has 0 unspecified atom stereocenters. The number of hydrogen-bond donors (Lipinski definition) is 2. The molecule has 4 heterocycles. The van der Waals surface area contributed by atoms with Gasteiger partial charge in [-0.05, 0) is 37.3 Å². The first-order valence-corrected chi connectivity index (χ1v) is 13.3. The maximum absolute atomic E-state index is 14.9. The Labute approximate surface area is 233 Å². The highest BCUT2D eigenvalue weighted by Gasteiger charge is 2.18. The molecule has 1 fully saturated rings. The van der Waals surface area contributed by atoms with Crippen molar-refractivity contribution in [2.45, 2.75) is 20.4 Å². The van der Waals surface area contributed by atoms with Crippen LogP contribution in [0.3, 0.4) is 0 Å². The molecule has 204 valence electrons. The van der Waals surface area contributed by atoms with Gasteiger partial charge in [0.05, 0.1) is 5.69 Å². The van der Waals surface area contributed by atoms with E-state index in [1.807, 2.05) is 11.8 Å². The van der Waals surface area contributed by atoms with Crippen LogP contribution in [0.5, 0.6) is 0 Å². The van der Waals surface area contributed by atoms with E-state index in [0.717, 1.165) is 26.2 Å². The number of nitrogens with one attached hydrogen (secondary N) is 2. The van der Waals surface area contributed by atoms with Crippen molar-refractivity contribution in [2.75, 3.05) is 36.4 Å². The van der Waals surface area contributed by atoms with Crippen LogP contribution in [0.2, 0.25) is 5.02 Å². The highest BCUT2D eigenvalue weighted by atomic mass is 35.5. The summed E-state index contributed by atoms with van der Waals surface area (Å²) >= 11 is 6.62. The number of fused-ring (bicyclic) bond motifs is 1. The average Bonchev–Trinajstić information content (AvgIpc) is 3.40. The Kier molecular flexibility index (Phi) is 6.91. The summed E-state index contributed by atoms with van der Waals surface area (Å²) in [5.74, 6) is 0.804. The molecule has 40 heavy (non-hydrogen) atoms. The van der Waals surface area contributed by atoms with Gasteiger partial charge < -0.3 is 20.1 Å². The number of pyridine rings is 1. The minimum atomic E-state index is -0.319. The lowest BCUT2D eigenvalue weighted by Crippen LogP contribution is -2.43. The Morgan fingerprint density at radius 2 is 1.93 bits per heavy atom. The summed E-state index contributed by atoms with van der Waals surface area (Å²) in [6.45, 7) is 7.11. The van der Waals surface area contributed by atoms with Gasteiger partial charge in [0.1, 0.15) is 11.5 Å². The molecule has 2 N–H and O–H groups in total. The van der Waals surface area contributed by atoms with Crippen LogP contribution in [0.25, 0.3) is 33.5 Å². The molecular weight excluding hydrogens is 535 g/mol. The maximum atomic E-state index is 14.9. The van der Waals surface area contributed by atoms with Gasteiger partial charge in [0.25, 0.3) is 5.56 Å². The van der Waals surface area contributed by atoms with Crippen LogP contribution < -0.4 is 21.1 Å². The number of halogens is 2. The van der Waals surface area contributed by atoms with Gasteiger partial charge >= 0.3 is 0 Å². The Balaban J connectivity index is 1.32. The van der Waals surface area contributed by atoms with E-state index in [4.69, 9.17) is 16.1 Å². The molecule has 2 aromatic carbocycles. The molecule has 1 aliphatic rings. The smallest absolute Gasteiger partial charge is 0.260 e. The standard InChI is InChI=1S/C28H26ClFN8O2/c1-3-38-26-18(12-21(27(38)39)20-6-4-17(13-22(20)29)25-33-16(2)40-36-25)15-32-28(35-26)34-19-5-7-24(23(30)14-19)37-10-8-31-9-11-37/h4-7,12-15,31H,3,8-11H2,1-2H3,(H,32,34,35). The number of aromatic nitrogens is 5. The fourth-order valence-electron chi connectivity index (χ4n) is 4.87. The number of piperazine rings is 1. The minimum Gasteiger partial charge on any atom is -0.367 e. The van der Waals surface area contributed by atoms with E-state index in [1.54, 1.807) is 54.1 Å². The highest BCUT2D eigenvalue weighted by molar-refractivity contribution is 6.33. The van der Waals surface area contributed by atoms with Gasteiger partial charge in [-0.25, -0.2) is 9.37 Å². The van der Waals surface area contributed by atoms with Gasteiger partial charge in [-0.3, -0.25) is 9.36 Å². The van der Waals surface area contributed by atoms with E-state index in [1.165, 1.54) is 6.07 Å². The summed E-state index contributed by atoms with van der Waals surface area (Å²) in [4.78, 5) is 28.8. The second-order valence-electron chi connectivity index (χ2n) is 9.44. The number of benzene rings is 2. The molecule has 0 aliphatic carbocycles. The van der Waals surface area contributed by atoms with Crippen LogP contribution in [-0.4, -0.2) is 50.9 Å². The molecular formula is C28H26ClFN8O2. The van der Waals surface area contributed by atoms with Crippen molar-refractivity contribution < 1.29 is 8.91 Å². The van der Waals surface area contributed by atoms with E-state index < -0.39 is 0 Å².